The Morgan fingerprint density at radius 2 is 1.73 bits per heavy atom. The zero-order valence-electron chi connectivity index (χ0n) is 14.4. The lowest BCUT2D eigenvalue weighted by atomic mass is 9.85. The fraction of sp³-hybridized carbons (Fsp3) is 0.294. The van der Waals surface area contributed by atoms with E-state index >= 15 is 0 Å². The Kier molecular flexibility index (Phi) is 6.04. The first-order chi connectivity index (χ1) is 12.1. The SMILES string of the molecule is CC(C)(CC(=O)O)CC(=O)Nc1ccccc1NS(=O)(=O)c1cccs1. The first-order valence-corrected chi connectivity index (χ1v) is 10.1. The predicted octanol–water partition coefficient (Wildman–Crippen LogP) is 3.38. The third kappa shape index (κ3) is 5.57. The fourth-order valence-corrected chi connectivity index (χ4v) is 4.47. The van der Waals surface area contributed by atoms with Crippen LogP contribution < -0.4 is 10.0 Å². The summed E-state index contributed by atoms with van der Waals surface area (Å²) in [7, 11) is -3.74. The molecule has 1 aromatic heterocycles. The van der Waals surface area contributed by atoms with Crippen molar-refractivity contribution in [2.45, 2.75) is 30.9 Å². The summed E-state index contributed by atoms with van der Waals surface area (Å²) in [5.74, 6) is -1.37. The van der Waals surface area contributed by atoms with Gasteiger partial charge in [-0.2, -0.15) is 0 Å². The normalized spacial score (nSPS) is 11.8. The van der Waals surface area contributed by atoms with Crippen molar-refractivity contribution in [1.29, 1.82) is 0 Å². The van der Waals surface area contributed by atoms with Crippen LogP contribution in [0.25, 0.3) is 0 Å². The Balaban J connectivity index is 2.14. The van der Waals surface area contributed by atoms with Gasteiger partial charge in [-0.3, -0.25) is 14.3 Å². The van der Waals surface area contributed by atoms with Crippen molar-refractivity contribution in [1.82, 2.24) is 0 Å². The van der Waals surface area contributed by atoms with Crippen LogP contribution in [0.1, 0.15) is 26.7 Å². The van der Waals surface area contributed by atoms with Gasteiger partial charge in [-0.25, -0.2) is 8.42 Å². The van der Waals surface area contributed by atoms with Crippen LogP contribution in [-0.2, 0) is 19.6 Å². The monoisotopic (exact) mass is 396 g/mol. The van der Waals surface area contributed by atoms with Crippen molar-refractivity contribution < 1.29 is 23.1 Å². The molecule has 140 valence electrons. The van der Waals surface area contributed by atoms with Gasteiger partial charge in [0.2, 0.25) is 5.91 Å². The first kappa shape index (κ1) is 19.9. The van der Waals surface area contributed by atoms with E-state index in [4.69, 9.17) is 5.11 Å². The minimum Gasteiger partial charge on any atom is -0.481 e. The van der Waals surface area contributed by atoms with Crippen LogP contribution in [0.3, 0.4) is 0 Å². The van der Waals surface area contributed by atoms with E-state index in [-0.39, 0.29) is 28.6 Å². The molecule has 3 N–H and O–H groups in total. The van der Waals surface area contributed by atoms with Crippen LogP contribution in [0.5, 0.6) is 0 Å². The van der Waals surface area contributed by atoms with Crippen molar-refractivity contribution in [3.05, 3.63) is 41.8 Å². The minimum atomic E-state index is -3.74. The van der Waals surface area contributed by atoms with Gasteiger partial charge in [0.05, 0.1) is 17.8 Å². The van der Waals surface area contributed by atoms with Crippen molar-refractivity contribution >= 4 is 44.6 Å². The number of para-hydroxylation sites is 2. The fourth-order valence-electron chi connectivity index (χ4n) is 2.39. The molecule has 1 heterocycles. The zero-order chi connectivity index (χ0) is 19.4. The number of carboxylic acid groups (broad SMARTS) is 1. The van der Waals surface area contributed by atoms with E-state index in [0.717, 1.165) is 11.3 Å². The van der Waals surface area contributed by atoms with Crippen LogP contribution in [0.2, 0.25) is 0 Å². The summed E-state index contributed by atoms with van der Waals surface area (Å²) < 4.78 is 27.4. The van der Waals surface area contributed by atoms with Crippen LogP contribution in [-0.4, -0.2) is 25.4 Å². The molecule has 0 radical (unpaired) electrons. The second-order valence-electron chi connectivity index (χ2n) is 6.54. The smallest absolute Gasteiger partial charge is 0.303 e. The quantitative estimate of drug-likeness (QED) is 0.633. The average Bonchev–Trinajstić information content (AvgIpc) is 3.02. The second-order valence-corrected chi connectivity index (χ2v) is 9.40. The summed E-state index contributed by atoms with van der Waals surface area (Å²) in [4.78, 5) is 23.1. The standard InChI is InChI=1S/C17H20N2O5S2/c1-17(2,11-15(21)22)10-14(20)18-12-6-3-4-7-13(12)19-26(23,24)16-8-5-9-25-16/h3-9,19H,10-11H2,1-2H3,(H,18,20)(H,21,22). The molecule has 1 amide bonds. The number of thiophene rings is 1. The molecular weight excluding hydrogens is 376 g/mol. The zero-order valence-corrected chi connectivity index (χ0v) is 16.0. The summed E-state index contributed by atoms with van der Waals surface area (Å²) in [6, 6.07) is 9.56. The number of sulfonamides is 1. The highest BCUT2D eigenvalue weighted by Crippen LogP contribution is 2.29. The van der Waals surface area contributed by atoms with Gasteiger partial charge >= 0.3 is 5.97 Å². The van der Waals surface area contributed by atoms with Crippen molar-refractivity contribution in [3.8, 4) is 0 Å². The molecule has 0 atom stereocenters. The number of carbonyl (C=O) groups is 2. The average molecular weight is 396 g/mol. The Bertz CT molecular complexity index is 890. The second kappa shape index (κ2) is 7.88. The highest BCUT2D eigenvalue weighted by molar-refractivity contribution is 7.94. The number of amides is 1. The third-order valence-electron chi connectivity index (χ3n) is 3.47. The Morgan fingerprint density at radius 1 is 1.08 bits per heavy atom. The molecule has 2 rings (SSSR count). The third-order valence-corrected chi connectivity index (χ3v) is 6.24. The maximum Gasteiger partial charge on any atom is 0.303 e. The highest BCUT2D eigenvalue weighted by atomic mass is 32.2. The summed E-state index contributed by atoms with van der Waals surface area (Å²) in [5.41, 5.74) is -0.171. The number of hydrogen-bond acceptors (Lipinski definition) is 5. The van der Waals surface area contributed by atoms with E-state index in [1.54, 1.807) is 49.6 Å². The van der Waals surface area contributed by atoms with Gasteiger partial charge in [-0.05, 0) is 29.0 Å². The van der Waals surface area contributed by atoms with E-state index in [9.17, 15) is 18.0 Å². The summed E-state index contributed by atoms with van der Waals surface area (Å²) in [5, 5.41) is 13.2. The lowest BCUT2D eigenvalue weighted by Crippen LogP contribution is -2.25. The molecule has 9 heteroatoms. The molecule has 7 nitrogen and oxygen atoms in total. The van der Waals surface area contributed by atoms with E-state index in [0.29, 0.717) is 5.69 Å². The van der Waals surface area contributed by atoms with E-state index in [1.807, 2.05) is 0 Å². The molecule has 26 heavy (non-hydrogen) atoms. The molecule has 0 aliphatic heterocycles. The molecule has 1 aromatic carbocycles. The summed E-state index contributed by atoms with van der Waals surface area (Å²) in [6.45, 7) is 3.37. The van der Waals surface area contributed by atoms with E-state index in [2.05, 4.69) is 10.0 Å². The topological polar surface area (TPSA) is 113 Å². The van der Waals surface area contributed by atoms with Gasteiger partial charge in [0, 0.05) is 6.42 Å². The largest absolute Gasteiger partial charge is 0.481 e. The number of aliphatic carboxylic acids is 1. The van der Waals surface area contributed by atoms with E-state index < -0.39 is 21.4 Å². The number of benzene rings is 1. The molecular formula is C17H20N2O5S2. The number of carbonyl (C=O) groups excluding carboxylic acids is 1. The number of rotatable bonds is 8. The minimum absolute atomic E-state index is 0.00862. The van der Waals surface area contributed by atoms with Gasteiger partial charge in [0.25, 0.3) is 10.0 Å². The lowest BCUT2D eigenvalue weighted by Gasteiger charge is -2.22. The summed E-state index contributed by atoms with van der Waals surface area (Å²) >= 11 is 1.09. The molecule has 2 aromatic rings. The van der Waals surface area contributed by atoms with Crippen LogP contribution in [0.15, 0.2) is 46.0 Å². The molecule has 0 unspecified atom stereocenters. The molecule has 0 bridgehead atoms. The maximum absolute atomic E-state index is 12.4. The number of nitrogens with one attached hydrogen (secondary N) is 2. The van der Waals surface area contributed by atoms with Gasteiger partial charge in [0.1, 0.15) is 4.21 Å². The molecule has 0 saturated heterocycles. The van der Waals surface area contributed by atoms with Gasteiger partial charge in [0.15, 0.2) is 0 Å². The van der Waals surface area contributed by atoms with Crippen LogP contribution >= 0.6 is 11.3 Å². The Morgan fingerprint density at radius 3 is 2.31 bits per heavy atom. The first-order valence-electron chi connectivity index (χ1n) is 7.76. The van der Waals surface area contributed by atoms with Gasteiger partial charge in [-0.15, -0.1) is 11.3 Å². The Labute approximate surface area is 156 Å². The summed E-state index contributed by atoms with van der Waals surface area (Å²) in [6.07, 6.45) is -0.154. The van der Waals surface area contributed by atoms with Gasteiger partial charge < -0.3 is 10.4 Å². The Hall–Kier alpha value is -2.39. The molecule has 0 spiro atoms. The van der Waals surface area contributed by atoms with Crippen LogP contribution in [0.4, 0.5) is 11.4 Å². The molecule has 0 fully saturated rings. The van der Waals surface area contributed by atoms with Gasteiger partial charge in [-0.1, -0.05) is 32.0 Å². The number of carboxylic acids is 1. The van der Waals surface area contributed by atoms with Crippen molar-refractivity contribution in [3.63, 3.8) is 0 Å². The van der Waals surface area contributed by atoms with Crippen molar-refractivity contribution in [2.75, 3.05) is 10.0 Å². The van der Waals surface area contributed by atoms with Crippen LogP contribution in [0, 0.1) is 5.41 Å². The maximum atomic E-state index is 12.4. The number of hydrogen-bond donors (Lipinski definition) is 3. The van der Waals surface area contributed by atoms with Crippen molar-refractivity contribution in [2.24, 2.45) is 5.41 Å². The number of anilines is 2. The molecule has 0 aliphatic carbocycles. The lowest BCUT2D eigenvalue weighted by molar-refractivity contribution is -0.139. The highest BCUT2D eigenvalue weighted by Gasteiger charge is 2.26. The predicted molar refractivity (Wildman–Crippen MR) is 101 cm³/mol. The molecule has 0 saturated carbocycles. The molecule has 0 aliphatic rings. The van der Waals surface area contributed by atoms with E-state index in [1.165, 1.54) is 6.07 Å².